The molecule has 1 N–H and O–H groups in total. The second-order valence-corrected chi connectivity index (χ2v) is 6.36. The Morgan fingerprint density at radius 2 is 1.82 bits per heavy atom. The maximum absolute atomic E-state index is 12.2. The Hall–Kier alpha value is -1.88. The minimum atomic E-state index is -0.323. The number of thiophene rings is 1. The van der Waals surface area contributed by atoms with Crippen LogP contribution in [-0.4, -0.2) is 12.1 Å². The number of carbonyl (C=O) groups is 1. The van der Waals surface area contributed by atoms with Gasteiger partial charge in [0, 0.05) is 15.1 Å². The first-order valence-electron chi connectivity index (χ1n) is 6.41. The fraction of sp³-hybridized carbons (Fsp3) is 0. The molecule has 0 unspecified atom stereocenters. The summed E-state index contributed by atoms with van der Waals surface area (Å²) in [4.78, 5) is 12.6. The quantitative estimate of drug-likeness (QED) is 0.526. The molecule has 0 saturated carbocycles. The molecule has 0 fully saturated rings. The fourth-order valence-electron chi connectivity index (χ4n) is 1.93. The van der Waals surface area contributed by atoms with E-state index in [2.05, 4.69) is 10.5 Å². The van der Waals surface area contributed by atoms with E-state index in [1.165, 1.54) is 11.3 Å². The number of benzene rings is 2. The number of amides is 1. The molecular formula is C16H10Cl2N2OS. The van der Waals surface area contributed by atoms with E-state index in [-0.39, 0.29) is 5.91 Å². The Balaban J connectivity index is 1.76. The molecule has 0 saturated heterocycles. The number of halogens is 2. The van der Waals surface area contributed by atoms with E-state index in [9.17, 15) is 4.79 Å². The van der Waals surface area contributed by atoms with E-state index in [1.807, 2.05) is 36.4 Å². The van der Waals surface area contributed by atoms with Crippen molar-refractivity contribution in [3.63, 3.8) is 0 Å². The lowest BCUT2D eigenvalue weighted by molar-refractivity contribution is 0.0959. The molecule has 3 nitrogen and oxygen atoms in total. The summed E-state index contributed by atoms with van der Waals surface area (Å²) in [6.45, 7) is 0. The van der Waals surface area contributed by atoms with Crippen LogP contribution in [0.3, 0.4) is 0 Å². The number of rotatable bonds is 3. The maximum atomic E-state index is 12.2. The van der Waals surface area contributed by atoms with Gasteiger partial charge in [0.05, 0.1) is 11.2 Å². The van der Waals surface area contributed by atoms with Crippen LogP contribution in [0.5, 0.6) is 0 Å². The van der Waals surface area contributed by atoms with Crippen molar-refractivity contribution >= 4 is 56.7 Å². The maximum Gasteiger partial charge on any atom is 0.283 e. The van der Waals surface area contributed by atoms with Crippen LogP contribution in [-0.2, 0) is 0 Å². The van der Waals surface area contributed by atoms with Gasteiger partial charge in [-0.3, -0.25) is 4.79 Å². The van der Waals surface area contributed by atoms with E-state index < -0.39 is 0 Å². The van der Waals surface area contributed by atoms with E-state index in [1.54, 1.807) is 18.3 Å². The third kappa shape index (κ3) is 3.14. The molecule has 1 heterocycles. The standard InChI is InChI=1S/C16H10Cl2N2OS/c17-11-7-5-10(6-8-11)9-19-20-16(21)15-14(18)12-3-1-2-4-13(12)22-15/h1-9H,(H,20,21)/b19-9-. The van der Waals surface area contributed by atoms with E-state index >= 15 is 0 Å². The summed E-state index contributed by atoms with van der Waals surface area (Å²) >= 11 is 13.4. The van der Waals surface area contributed by atoms with Crippen molar-refractivity contribution in [1.82, 2.24) is 5.43 Å². The van der Waals surface area contributed by atoms with Crippen molar-refractivity contribution in [1.29, 1.82) is 0 Å². The second kappa shape index (κ2) is 6.48. The summed E-state index contributed by atoms with van der Waals surface area (Å²) in [5.74, 6) is -0.323. The van der Waals surface area contributed by atoms with Crippen LogP contribution in [0.2, 0.25) is 10.0 Å². The first-order chi connectivity index (χ1) is 10.6. The molecule has 0 aliphatic heterocycles. The minimum absolute atomic E-state index is 0.323. The normalized spacial score (nSPS) is 11.2. The van der Waals surface area contributed by atoms with E-state index in [4.69, 9.17) is 23.2 Å². The summed E-state index contributed by atoms with van der Waals surface area (Å²) in [5.41, 5.74) is 3.33. The van der Waals surface area contributed by atoms with E-state index in [0.29, 0.717) is 14.9 Å². The lowest BCUT2D eigenvalue weighted by Crippen LogP contribution is -2.16. The molecule has 6 heteroatoms. The average molecular weight is 349 g/mol. The summed E-state index contributed by atoms with van der Waals surface area (Å²) < 4.78 is 0.972. The van der Waals surface area contributed by atoms with Gasteiger partial charge >= 0.3 is 0 Å². The van der Waals surface area contributed by atoms with Crippen molar-refractivity contribution in [2.75, 3.05) is 0 Å². The number of carbonyl (C=O) groups excluding carboxylic acids is 1. The first-order valence-corrected chi connectivity index (χ1v) is 7.98. The van der Waals surface area contributed by atoms with Crippen LogP contribution in [0.4, 0.5) is 0 Å². The van der Waals surface area contributed by atoms with Crippen LogP contribution in [0, 0.1) is 0 Å². The summed E-state index contributed by atoms with van der Waals surface area (Å²) in [6.07, 6.45) is 1.55. The Morgan fingerprint density at radius 3 is 2.55 bits per heavy atom. The highest BCUT2D eigenvalue weighted by atomic mass is 35.5. The zero-order valence-electron chi connectivity index (χ0n) is 11.2. The molecule has 0 aliphatic carbocycles. The third-order valence-electron chi connectivity index (χ3n) is 2.99. The van der Waals surface area contributed by atoms with Crippen LogP contribution in [0.15, 0.2) is 53.6 Å². The number of nitrogens with zero attached hydrogens (tertiary/aromatic N) is 1. The van der Waals surface area contributed by atoms with Gasteiger partial charge in [-0.05, 0) is 23.8 Å². The van der Waals surface area contributed by atoms with Crippen LogP contribution >= 0.6 is 34.5 Å². The van der Waals surface area contributed by atoms with Gasteiger partial charge in [-0.25, -0.2) is 5.43 Å². The van der Waals surface area contributed by atoms with Gasteiger partial charge < -0.3 is 0 Å². The van der Waals surface area contributed by atoms with Gasteiger partial charge in [-0.15, -0.1) is 11.3 Å². The third-order valence-corrected chi connectivity index (χ3v) is 4.92. The molecule has 0 spiro atoms. The van der Waals surface area contributed by atoms with Crippen LogP contribution in [0.25, 0.3) is 10.1 Å². The van der Waals surface area contributed by atoms with Gasteiger partial charge in [0.25, 0.3) is 5.91 Å². The summed E-state index contributed by atoms with van der Waals surface area (Å²) in [7, 11) is 0. The number of hydrazone groups is 1. The molecule has 3 aromatic rings. The number of hydrogen-bond acceptors (Lipinski definition) is 3. The Morgan fingerprint density at radius 1 is 1.09 bits per heavy atom. The van der Waals surface area contributed by atoms with Crippen molar-refractivity contribution in [3.05, 3.63) is 69.0 Å². The molecule has 0 radical (unpaired) electrons. The number of hydrogen-bond donors (Lipinski definition) is 1. The molecule has 1 amide bonds. The van der Waals surface area contributed by atoms with Gasteiger partial charge in [-0.1, -0.05) is 53.5 Å². The smallest absolute Gasteiger partial charge is 0.266 e. The largest absolute Gasteiger partial charge is 0.283 e. The molecule has 0 atom stereocenters. The van der Waals surface area contributed by atoms with Crippen LogP contribution < -0.4 is 5.43 Å². The number of fused-ring (bicyclic) bond motifs is 1. The van der Waals surface area contributed by atoms with E-state index in [0.717, 1.165) is 15.6 Å². The predicted molar refractivity (Wildman–Crippen MR) is 93.3 cm³/mol. The lowest BCUT2D eigenvalue weighted by atomic mass is 10.2. The number of nitrogens with one attached hydrogen (secondary N) is 1. The zero-order valence-corrected chi connectivity index (χ0v) is 13.5. The van der Waals surface area contributed by atoms with Gasteiger partial charge in [0.15, 0.2) is 0 Å². The molecule has 0 aliphatic rings. The molecule has 0 bridgehead atoms. The monoisotopic (exact) mass is 348 g/mol. The zero-order chi connectivity index (χ0) is 15.5. The van der Waals surface area contributed by atoms with Crippen LogP contribution in [0.1, 0.15) is 15.2 Å². The molecular weight excluding hydrogens is 339 g/mol. The average Bonchev–Trinajstić information content (AvgIpc) is 2.87. The first kappa shape index (κ1) is 15.0. The Kier molecular flexibility index (Phi) is 4.43. The topological polar surface area (TPSA) is 41.5 Å². The highest BCUT2D eigenvalue weighted by Crippen LogP contribution is 2.34. The summed E-state index contributed by atoms with van der Waals surface area (Å²) in [5, 5.41) is 5.92. The van der Waals surface area contributed by atoms with Gasteiger partial charge in [-0.2, -0.15) is 5.10 Å². The van der Waals surface area contributed by atoms with Crippen molar-refractivity contribution < 1.29 is 4.79 Å². The second-order valence-electron chi connectivity index (χ2n) is 4.49. The molecule has 2 aromatic carbocycles. The lowest BCUT2D eigenvalue weighted by Gasteiger charge is -1.97. The van der Waals surface area contributed by atoms with Gasteiger partial charge in [0.2, 0.25) is 0 Å². The Bertz CT molecular complexity index is 856. The highest BCUT2D eigenvalue weighted by Gasteiger charge is 2.16. The Labute approximate surface area is 141 Å². The molecule has 3 rings (SSSR count). The predicted octanol–water partition coefficient (Wildman–Crippen LogP) is 4.97. The highest BCUT2D eigenvalue weighted by molar-refractivity contribution is 7.21. The SMILES string of the molecule is O=C(N/N=C\c1ccc(Cl)cc1)c1sc2ccccc2c1Cl. The molecule has 1 aromatic heterocycles. The molecule has 110 valence electrons. The fourth-order valence-corrected chi connectivity index (χ4v) is 3.46. The van der Waals surface area contributed by atoms with Gasteiger partial charge in [0.1, 0.15) is 4.88 Å². The van der Waals surface area contributed by atoms with Crippen molar-refractivity contribution in [3.8, 4) is 0 Å². The minimum Gasteiger partial charge on any atom is -0.266 e. The summed E-state index contributed by atoms with van der Waals surface area (Å²) in [6, 6.07) is 14.8. The molecule has 22 heavy (non-hydrogen) atoms. The van der Waals surface area contributed by atoms with Crippen molar-refractivity contribution in [2.24, 2.45) is 5.10 Å². The van der Waals surface area contributed by atoms with Crippen molar-refractivity contribution in [2.45, 2.75) is 0 Å².